The number of hydrogen-bond donors (Lipinski definition) is 2. The Balaban J connectivity index is 1.94. The first-order valence-corrected chi connectivity index (χ1v) is 11.7. The lowest BCUT2D eigenvalue weighted by Crippen LogP contribution is -2.23. The fourth-order valence-electron chi connectivity index (χ4n) is 3.08. The van der Waals surface area contributed by atoms with Crippen molar-refractivity contribution in [3.63, 3.8) is 0 Å². The number of nitrogens with zero attached hydrogens (tertiary/aromatic N) is 1. The fourth-order valence-corrected chi connectivity index (χ4v) is 4.05. The topological polar surface area (TPSA) is 97.0 Å². The van der Waals surface area contributed by atoms with E-state index in [1.54, 1.807) is 36.4 Å². The van der Waals surface area contributed by atoms with Gasteiger partial charge in [0.1, 0.15) is 17.3 Å². The van der Waals surface area contributed by atoms with Crippen LogP contribution >= 0.6 is 0 Å². The molecule has 2 N–H and O–H groups in total. The maximum Gasteiger partial charge on any atom is 0.255 e. The molecule has 0 spiro atoms. The lowest BCUT2D eigenvalue weighted by atomic mass is 10.1. The van der Waals surface area contributed by atoms with Crippen molar-refractivity contribution in [3.8, 4) is 11.5 Å². The Morgan fingerprint density at radius 1 is 0.912 bits per heavy atom. The number of carbonyl (C=O) groups excluding carboxylic acids is 1. The predicted molar refractivity (Wildman–Crippen MR) is 129 cm³/mol. The summed E-state index contributed by atoms with van der Waals surface area (Å²) in [7, 11) is 2.00. The molecule has 0 unspecified atom stereocenters. The summed E-state index contributed by atoms with van der Waals surface area (Å²) in [6.07, 6.45) is 0. The largest absolute Gasteiger partial charge is 0.497 e. The molecule has 0 atom stereocenters. The van der Waals surface area contributed by atoms with Crippen molar-refractivity contribution in [3.05, 3.63) is 77.6 Å². The van der Waals surface area contributed by atoms with Crippen molar-refractivity contribution in [1.82, 2.24) is 4.31 Å². The van der Waals surface area contributed by atoms with Crippen molar-refractivity contribution in [1.29, 1.82) is 0 Å². The molecule has 10 heteroatoms. The van der Waals surface area contributed by atoms with E-state index in [1.165, 1.54) is 52.6 Å². The van der Waals surface area contributed by atoms with Crippen LogP contribution in [0.5, 0.6) is 11.5 Å². The van der Waals surface area contributed by atoms with Gasteiger partial charge in [0.2, 0.25) is 10.0 Å². The normalized spacial score (nSPS) is 11.2. The zero-order valence-corrected chi connectivity index (χ0v) is 20.1. The molecule has 0 radical (unpaired) electrons. The van der Waals surface area contributed by atoms with E-state index in [0.717, 1.165) is 9.87 Å². The summed E-state index contributed by atoms with van der Waals surface area (Å²) >= 11 is 0. The number of nitrogens with one attached hydrogen (secondary N) is 2. The van der Waals surface area contributed by atoms with Gasteiger partial charge in [-0.1, -0.05) is 12.1 Å². The first kappa shape index (κ1) is 25.0. The molecule has 0 saturated heterocycles. The van der Waals surface area contributed by atoms with Crippen LogP contribution in [0.3, 0.4) is 0 Å². The van der Waals surface area contributed by atoms with Crippen LogP contribution < -0.4 is 20.1 Å². The quantitative estimate of drug-likeness (QED) is 0.474. The van der Waals surface area contributed by atoms with Crippen molar-refractivity contribution in [2.45, 2.75) is 11.4 Å². The second-order valence-corrected chi connectivity index (χ2v) is 9.72. The lowest BCUT2D eigenvalue weighted by Gasteiger charge is -2.16. The van der Waals surface area contributed by atoms with Gasteiger partial charge in [0.05, 0.1) is 19.1 Å². The zero-order valence-electron chi connectivity index (χ0n) is 19.3. The van der Waals surface area contributed by atoms with E-state index in [-0.39, 0.29) is 16.3 Å². The minimum Gasteiger partial charge on any atom is -0.497 e. The number of rotatable bonds is 9. The molecule has 3 rings (SSSR count). The number of carbonyl (C=O) groups is 1. The average molecular weight is 488 g/mol. The molecule has 3 aromatic carbocycles. The zero-order chi connectivity index (χ0) is 24.9. The predicted octanol–water partition coefficient (Wildman–Crippen LogP) is 3.96. The SMILES string of the molecule is COc1cc(NC(=O)c2cc(NCc3ccc(F)cc3)cc(S(=O)(=O)N(C)C)c2)cc(OC)c1. The minimum absolute atomic E-state index is 0.0463. The molecule has 8 nitrogen and oxygen atoms in total. The molecule has 0 aromatic heterocycles. The molecule has 0 aliphatic carbocycles. The first-order valence-electron chi connectivity index (χ1n) is 10.2. The molecule has 180 valence electrons. The molecule has 1 amide bonds. The highest BCUT2D eigenvalue weighted by Crippen LogP contribution is 2.27. The van der Waals surface area contributed by atoms with Crippen molar-refractivity contribution in [2.24, 2.45) is 0 Å². The number of anilines is 2. The second-order valence-electron chi connectivity index (χ2n) is 7.57. The summed E-state index contributed by atoms with van der Waals surface area (Å²) in [6.45, 7) is 0.305. The molecule has 0 bridgehead atoms. The standard InChI is InChI=1S/C24H26FN3O5S/c1-28(2)34(30,31)23-10-17(9-19(13-23)26-15-16-5-7-18(25)8-6-16)24(29)27-20-11-21(32-3)14-22(12-20)33-4/h5-14,26H,15H2,1-4H3,(H,27,29). The molecular weight excluding hydrogens is 461 g/mol. The van der Waals surface area contributed by atoms with Crippen LogP contribution in [0.1, 0.15) is 15.9 Å². The molecule has 34 heavy (non-hydrogen) atoms. The number of ether oxygens (including phenoxy) is 2. The molecule has 0 aliphatic heterocycles. The number of benzene rings is 3. The third kappa shape index (κ3) is 6.03. The summed E-state index contributed by atoms with van der Waals surface area (Å²) in [5, 5.41) is 5.85. The maximum atomic E-state index is 13.2. The van der Waals surface area contributed by atoms with E-state index >= 15 is 0 Å². The summed E-state index contributed by atoms with van der Waals surface area (Å²) in [4.78, 5) is 13.0. The van der Waals surface area contributed by atoms with Crippen molar-refractivity contribution >= 4 is 27.3 Å². The van der Waals surface area contributed by atoms with Crippen molar-refractivity contribution < 1.29 is 27.1 Å². The summed E-state index contributed by atoms with van der Waals surface area (Å²) < 4.78 is 50.3. The van der Waals surface area contributed by atoms with E-state index in [1.807, 2.05) is 0 Å². The van der Waals surface area contributed by atoms with Gasteiger partial charge in [0, 0.05) is 55.8 Å². The molecule has 0 aliphatic rings. The van der Waals surface area contributed by atoms with E-state index in [4.69, 9.17) is 9.47 Å². The molecule has 3 aromatic rings. The molecule has 0 heterocycles. The maximum absolute atomic E-state index is 13.2. The Kier molecular flexibility index (Phi) is 7.75. The Morgan fingerprint density at radius 2 is 1.53 bits per heavy atom. The van der Waals surface area contributed by atoms with Crippen LogP contribution in [-0.4, -0.2) is 46.9 Å². The van der Waals surface area contributed by atoms with Gasteiger partial charge in [-0.25, -0.2) is 17.1 Å². The third-order valence-electron chi connectivity index (χ3n) is 4.97. The molecule has 0 saturated carbocycles. The van der Waals surface area contributed by atoms with Gasteiger partial charge in [-0.3, -0.25) is 4.79 Å². The van der Waals surface area contributed by atoms with Gasteiger partial charge >= 0.3 is 0 Å². The van der Waals surface area contributed by atoms with Crippen LogP contribution in [0.15, 0.2) is 65.6 Å². The van der Waals surface area contributed by atoms with Crippen LogP contribution in [-0.2, 0) is 16.6 Å². The summed E-state index contributed by atoms with van der Waals surface area (Å²) in [6, 6.07) is 15.1. The van der Waals surface area contributed by atoms with Gasteiger partial charge in [-0.2, -0.15) is 0 Å². The van der Waals surface area contributed by atoms with Crippen LogP contribution in [0.2, 0.25) is 0 Å². The Bertz CT molecular complexity index is 1260. The highest BCUT2D eigenvalue weighted by atomic mass is 32.2. The van der Waals surface area contributed by atoms with Gasteiger partial charge < -0.3 is 20.1 Å². The van der Waals surface area contributed by atoms with Crippen LogP contribution in [0.25, 0.3) is 0 Å². The third-order valence-corrected chi connectivity index (χ3v) is 6.76. The smallest absolute Gasteiger partial charge is 0.255 e. The summed E-state index contributed by atoms with van der Waals surface area (Å²) in [5.74, 6) is 0.104. The average Bonchev–Trinajstić information content (AvgIpc) is 2.83. The van der Waals surface area contributed by atoms with Gasteiger partial charge in [0.15, 0.2) is 0 Å². The molecule has 0 fully saturated rings. The summed E-state index contributed by atoms with van der Waals surface area (Å²) in [5.41, 5.74) is 1.76. The van der Waals surface area contributed by atoms with Crippen molar-refractivity contribution in [2.75, 3.05) is 38.9 Å². The Labute approximate surface area is 198 Å². The number of sulfonamides is 1. The van der Waals surface area contributed by atoms with E-state index in [2.05, 4.69) is 10.6 Å². The minimum atomic E-state index is -3.81. The van der Waals surface area contributed by atoms with E-state index in [9.17, 15) is 17.6 Å². The number of halogens is 1. The van der Waals surface area contributed by atoms with E-state index in [0.29, 0.717) is 29.4 Å². The lowest BCUT2D eigenvalue weighted by molar-refractivity contribution is 0.102. The monoisotopic (exact) mass is 487 g/mol. The van der Waals surface area contributed by atoms with E-state index < -0.39 is 15.9 Å². The number of methoxy groups -OCH3 is 2. The van der Waals surface area contributed by atoms with Gasteiger partial charge in [0.25, 0.3) is 5.91 Å². The molecular formula is C24H26FN3O5S. The Hall–Kier alpha value is -3.63. The van der Waals surface area contributed by atoms with Crippen LogP contribution in [0, 0.1) is 5.82 Å². The fraction of sp³-hybridized carbons (Fsp3) is 0.208. The first-order chi connectivity index (χ1) is 16.1. The highest BCUT2D eigenvalue weighted by Gasteiger charge is 2.21. The highest BCUT2D eigenvalue weighted by molar-refractivity contribution is 7.89. The Morgan fingerprint density at radius 3 is 2.09 bits per heavy atom. The van der Waals surface area contributed by atoms with Gasteiger partial charge in [-0.05, 0) is 35.9 Å². The second kappa shape index (κ2) is 10.5. The number of amides is 1. The van der Waals surface area contributed by atoms with Crippen LogP contribution in [0.4, 0.5) is 15.8 Å². The van der Waals surface area contributed by atoms with Gasteiger partial charge in [-0.15, -0.1) is 0 Å². The number of hydrogen-bond acceptors (Lipinski definition) is 6.